The van der Waals surface area contributed by atoms with E-state index in [4.69, 9.17) is 15.7 Å². The van der Waals surface area contributed by atoms with Crippen LogP contribution in [0.25, 0.3) is 0 Å². The lowest BCUT2D eigenvalue weighted by atomic mass is 9.86. The van der Waals surface area contributed by atoms with E-state index in [1.54, 1.807) is 18.2 Å². The van der Waals surface area contributed by atoms with Crippen LogP contribution in [-0.4, -0.2) is 0 Å². The zero-order valence-corrected chi connectivity index (χ0v) is 12.9. The predicted molar refractivity (Wildman–Crippen MR) is 85.5 cm³/mol. The van der Waals surface area contributed by atoms with Gasteiger partial charge in [0.1, 0.15) is 11.8 Å². The standard InChI is InChI=1S/C18H20N2O/c1-12-8-9-14(18(2,3)4)16(10-12)21-15-7-5-6-13(11-19)17(15)20/h5-10H,20H2,1-4H3. The second-order valence-corrected chi connectivity index (χ2v) is 6.18. The monoisotopic (exact) mass is 280 g/mol. The van der Waals surface area contributed by atoms with Crippen LogP contribution < -0.4 is 10.5 Å². The molecule has 0 saturated heterocycles. The van der Waals surface area contributed by atoms with Crippen LogP contribution in [0.15, 0.2) is 36.4 Å². The Balaban J connectivity index is 2.50. The fraction of sp³-hybridized carbons (Fsp3) is 0.278. The third-order valence-electron chi connectivity index (χ3n) is 3.35. The molecule has 21 heavy (non-hydrogen) atoms. The van der Waals surface area contributed by atoms with E-state index in [2.05, 4.69) is 39.0 Å². The van der Waals surface area contributed by atoms with E-state index in [0.717, 1.165) is 16.9 Å². The van der Waals surface area contributed by atoms with E-state index in [-0.39, 0.29) is 5.41 Å². The number of nitrogens with zero attached hydrogens (tertiary/aromatic N) is 1. The Bertz CT molecular complexity index is 706. The number of nitrogens with two attached hydrogens (primary N) is 1. The van der Waals surface area contributed by atoms with E-state index in [0.29, 0.717) is 17.0 Å². The quantitative estimate of drug-likeness (QED) is 0.822. The van der Waals surface area contributed by atoms with Crippen molar-refractivity contribution in [1.82, 2.24) is 0 Å². The summed E-state index contributed by atoms with van der Waals surface area (Å²) >= 11 is 0. The first kappa shape index (κ1) is 14.9. The lowest BCUT2D eigenvalue weighted by molar-refractivity contribution is 0.456. The van der Waals surface area contributed by atoms with Crippen molar-refractivity contribution in [2.45, 2.75) is 33.1 Å². The summed E-state index contributed by atoms with van der Waals surface area (Å²) in [5.41, 5.74) is 8.98. The minimum atomic E-state index is -0.0371. The van der Waals surface area contributed by atoms with Crippen LogP contribution >= 0.6 is 0 Å². The maximum absolute atomic E-state index is 9.05. The Morgan fingerprint density at radius 1 is 1.10 bits per heavy atom. The first-order chi connectivity index (χ1) is 9.82. The van der Waals surface area contributed by atoms with E-state index >= 15 is 0 Å². The number of rotatable bonds is 2. The van der Waals surface area contributed by atoms with Crippen molar-refractivity contribution in [2.75, 3.05) is 5.73 Å². The van der Waals surface area contributed by atoms with Crippen molar-refractivity contribution in [3.8, 4) is 17.6 Å². The van der Waals surface area contributed by atoms with Crippen LogP contribution in [0.3, 0.4) is 0 Å². The van der Waals surface area contributed by atoms with Crippen molar-refractivity contribution >= 4 is 5.69 Å². The predicted octanol–water partition coefficient (Wildman–Crippen LogP) is 4.54. The number of anilines is 1. The molecule has 0 heterocycles. The lowest BCUT2D eigenvalue weighted by Gasteiger charge is -2.23. The molecule has 2 aromatic rings. The number of benzene rings is 2. The van der Waals surface area contributed by atoms with Gasteiger partial charge >= 0.3 is 0 Å². The summed E-state index contributed by atoms with van der Waals surface area (Å²) in [5, 5.41) is 9.05. The molecule has 2 rings (SSSR count). The number of hydrogen-bond donors (Lipinski definition) is 1. The Kier molecular flexibility index (Phi) is 3.90. The molecule has 0 bridgehead atoms. The highest BCUT2D eigenvalue weighted by atomic mass is 16.5. The van der Waals surface area contributed by atoms with Gasteiger partial charge in [0.05, 0.1) is 11.3 Å². The molecular formula is C18H20N2O. The average molecular weight is 280 g/mol. The molecule has 108 valence electrons. The highest BCUT2D eigenvalue weighted by molar-refractivity contribution is 5.64. The molecule has 0 aromatic heterocycles. The van der Waals surface area contributed by atoms with Crippen molar-refractivity contribution in [2.24, 2.45) is 0 Å². The molecule has 3 heteroatoms. The minimum Gasteiger partial charge on any atom is -0.455 e. The molecule has 0 fully saturated rings. The normalized spacial score (nSPS) is 11.0. The first-order valence-corrected chi connectivity index (χ1v) is 6.90. The molecule has 0 aliphatic heterocycles. The Labute approximate surface area is 126 Å². The average Bonchev–Trinajstić information content (AvgIpc) is 2.40. The summed E-state index contributed by atoms with van der Waals surface area (Å²) in [6, 6.07) is 13.5. The summed E-state index contributed by atoms with van der Waals surface area (Å²) in [5.74, 6) is 1.30. The zero-order chi connectivity index (χ0) is 15.6. The number of hydrogen-bond acceptors (Lipinski definition) is 3. The van der Waals surface area contributed by atoms with E-state index in [9.17, 15) is 0 Å². The molecule has 0 aliphatic rings. The van der Waals surface area contributed by atoms with Gasteiger partial charge in [-0.05, 0) is 36.1 Å². The number of nitrogen functional groups attached to an aromatic ring is 1. The Hall–Kier alpha value is -2.47. The number of para-hydroxylation sites is 1. The summed E-state index contributed by atoms with van der Waals surface area (Å²) in [6.07, 6.45) is 0. The highest BCUT2D eigenvalue weighted by Gasteiger charge is 2.20. The van der Waals surface area contributed by atoms with Gasteiger partial charge < -0.3 is 10.5 Å². The molecule has 2 N–H and O–H groups in total. The van der Waals surface area contributed by atoms with Gasteiger partial charge in [0.15, 0.2) is 5.75 Å². The van der Waals surface area contributed by atoms with Crippen LogP contribution in [0.5, 0.6) is 11.5 Å². The zero-order valence-electron chi connectivity index (χ0n) is 12.9. The van der Waals surface area contributed by atoms with E-state index < -0.39 is 0 Å². The topological polar surface area (TPSA) is 59.0 Å². The molecule has 3 nitrogen and oxygen atoms in total. The largest absolute Gasteiger partial charge is 0.455 e. The first-order valence-electron chi connectivity index (χ1n) is 6.90. The van der Waals surface area contributed by atoms with Crippen molar-refractivity contribution in [3.05, 3.63) is 53.1 Å². The van der Waals surface area contributed by atoms with Crippen LogP contribution in [0.4, 0.5) is 5.69 Å². The van der Waals surface area contributed by atoms with Crippen molar-refractivity contribution < 1.29 is 4.74 Å². The Morgan fingerprint density at radius 3 is 2.43 bits per heavy atom. The maximum atomic E-state index is 9.05. The maximum Gasteiger partial charge on any atom is 0.151 e. The fourth-order valence-electron chi connectivity index (χ4n) is 2.18. The lowest BCUT2D eigenvalue weighted by Crippen LogP contribution is -2.12. The second-order valence-electron chi connectivity index (χ2n) is 6.18. The van der Waals surface area contributed by atoms with Gasteiger partial charge in [0.2, 0.25) is 0 Å². The summed E-state index contributed by atoms with van der Waals surface area (Å²) < 4.78 is 6.01. The van der Waals surface area contributed by atoms with Gasteiger partial charge in [0, 0.05) is 5.56 Å². The van der Waals surface area contributed by atoms with E-state index in [1.807, 2.05) is 13.0 Å². The van der Waals surface area contributed by atoms with Gasteiger partial charge in [-0.1, -0.05) is 39.0 Å². The van der Waals surface area contributed by atoms with Gasteiger partial charge in [-0.2, -0.15) is 5.26 Å². The molecule has 0 unspecified atom stereocenters. The number of nitriles is 1. The van der Waals surface area contributed by atoms with Crippen molar-refractivity contribution in [3.63, 3.8) is 0 Å². The van der Waals surface area contributed by atoms with Crippen LogP contribution in [0, 0.1) is 18.3 Å². The van der Waals surface area contributed by atoms with Gasteiger partial charge in [-0.3, -0.25) is 0 Å². The molecule has 0 saturated carbocycles. The van der Waals surface area contributed by atoms with Gasteiger partial charge in [0.25, 0.3) is 0 Å². The van der Waals surface area contributed by atoms with Crippen LogP contribution in [0.2, 0.25) is 0 Å². The molecule has 0 amide bonds. The number of aryl methyl sites for hydroxylation is 1. The second kappa shape index (κ2) is 5.49. The summed E-state index contributed by atoms with van der Waals surface area (Å²) in [7, 11) is 0. The molecule has 0 atom stereocenters. The summed E-state index contributed by atoms with van der Waals surface area (Å²) in [4.78, 5) is 0. The van der Waals surface area contributed by atoms with Crippen LogP contribution in [-0.2, 0) is 5.41 Å². The Morgan fingerprint density at radius 2 is 1.81 bits per heavy atom. The fourth-order valence-corrected chi connectivity index (χ4v) is 2.18. The molecule has 2 aromatic carbocycles. The van der Waals surface area contributed by atoms with E-state index in [1.165, 1.54) is 0 Å². The molecule has 0 radical (unpaired) electrons. The molecule has 0 aliphatic carbocycles. The minimum absolute atomic E-state index is 0.0371. The number of ether oxygens (including phenoxy) is 1. The molecule has 0 spiro atoms. The van der Waals surface area contributed by atoms with Crippen LogP contribution in [0.1, 0.15) is 37.5 Å². The van der Waals surface area contributed by atoms with Gasteiger partial charge in [-0.15, -0.1) is 0 Å². The SMILES string of the molecule is Cc1ccc(C(C)(C)C)c(Oc2cccc(C#N)c2N)c1. The third kappa shape index (κ3) is 3.17. The van der Waals surface area contributed by atoms with Gasteiger partial charge in [-0.25, -0.2) is 0 Å². The van der Waals surface area contributed by atoms with Crippen molar-refractivity contribution in [1.29, 1.82) is 5.26 Å². The third-order valence-corrected chi connectivity index (χ3v) is 3.35. The highest BCUT2D eigenvalue weighted by Crippen LogP contribution is 2.37. The molecular weight excluding hydrogens is 260 g/mol. The summed E-state index contributed by atoms with van der Waals surface area (Å²) in [6.45, 7) is 8.44. The smallest absolute Gasteiger partial charge is 0.151 e.